The van der Waals surface area contributed by atoms with Crippen LogP contribution in [0, 0.1) is 17.5 Å². The van der Waals surface area contributed by atoms with Gasteiger partial charge in [0.05, 0.1) is 30.4 Å². The van der Waals surface area contributed by atoms with E-state index in [9.17, 15) is 22.8 Å². The Morgan fingerprint density at radius 2 is 1.65 bits per heavy atom. The smallest absolute Gasteiger partial charge is 0.410 e. The molecule has 46 heavy (non-hydrogen) atoms. The average Bonchev–Trinajstić information content (AvgIpc) is 3.29. The maximum atomic E-state index is 13.4. The number of benzene rings is 2. The summed E-state index contributed by atoms with van der Waals surface area (Å²) in [5, 5.41) is 2.67. The SMILES string of the molecule is CC(C)(C)OC(=O)N1CCCN(C(=O)c2cc(CS)c3nc(N4CCOCC4)cnc3c2)CC1.CCNc1cc(F)c(F)c(F)c1.[HH]. The summed E-state index contributed by atoms with van der Waals surface area (Å²) in [4.78, 5) is 40.9. The van der Waals surface area contributed by atoms with E-state index >= 15 is 0 Å². The number of nitrogens with one attached hydrogen (secondary N) is 1. The Balaban J connectivity index is 0.000000391. The summed E-state index contributed by atoms with van der Waals surface area (Å²) in [7, 11) is 0. The van der Waals surface area contributed by atoms with Crippen LogP contribution in [0.2, 0.25) is 0 Å². The molecular formula is C32H43F3N6O4S. The average molecular weight is 665 g/mol. The number of morpholine rings is 1. The number of anilines is 2. The number of ether oxygens (including phenoxy) is 2. The lowest BCUT2D eigenvalue weighted by Crippen LogP contribution is -2.40. The fraction of sp³-hybridized carbons (Fsp3) is 0.500. The molecule has 0 bridgehead atoms. The number of carbonyl (C=O) groups is 2. The van der Waals surface area contributed by atoms with E-state index in [4.69, 9.17) is 14.5 Å². The van der Waals surface area contributed by atoms with Crippen molar-refractivity contribution in [2.75, 3.05) is 69.2 Å². The monoisotopic (exact) mass is 664 g/mol. The lowest BCUT2D eigenvalue weighted by molar-refractivity contribution is 0.0255. The van der Waals surface area contributed by atoms with E-state index in [1.54, 1.807) is 29.0 Å². The molecule has 14 heteroatoms. The number of carbonyl (C=O) groups excluding carboxylic acids is 2. The van der Waals surface area contributed by atoms with Crippen molar-refractivity contribution >= 4 is 47.2 Å². The first kappa shape index (κ1) is 35.1. The number of hydrogen-bond acceptors (Lipinski definition) is 9. The van der Waals surface area contributed by atoms with Gasteiger partial charge in [-0.2, -0.15) is 12.6 Å². The number of fused-ring (bicyclic) bond motifs is 1. The van der Waals surface area contributed by atoms with Crippen LogP contribution in [0.5, 0.6) is 0 Å². The molecule has 3 aromatic rings. The van der Waals surface area contributed by atoms with Gasteiger partial charge in [-0.3, -0.25) is 9.78 Å². The third-order valence-electron chi connectivity index (χ3n) is 7.27. The lowest BCUT2D eigenvalue weighted by atomic mass is 10.1. The minimum absolute atomic E-state index is 0. The van der Waals surface area contributed by atoms with E-state index in [0.29, 0.717) is 69.2 Å². The highest BCUT2D eigenvalue weighted by molar-refractivity contribution is 7.79. The Labute approximate surface area is 274 Å². The van der Waals surface area contributed by atoms with Crippen molar-refractivity contribution in [3.63, 3.8) is 0 Å². The van der Waals surface area contributed by atoms with Crippen LogP contribution in [0.3, 0.4) is 0 Å². The van der Waals surface area contributed by atoms with Gasteiger partial charge in [-0.05, 0) is 51.8 Å². The maximum absolute atomic E-state index is 13.4. The van der Waals surface area contributed by atoms with Crippen molar-refractivity contribution in [2.24, 2.45) is 0 Å². The van der Waals surface area contributed by atoms with Gasteiger partial charge >= 0.3 is 6.09 Å². The van der Waals surface area contributed by atoms with Gasteiger partial charge in [0.25, 0.3) is 5.91 Å². The normalized spacial score (nSPS) is 15.6. The van der Waals surface area contributed by atoms with Crippen LogP contribution in [0.15, 0.2) is 30.5 Å². The third-order valence-corrected chi connectivity index (χ3v) is 7.61. The van der Waals surface area contributed by atoms with Gasteiger partial charge in [0.2, 0.25) is 0 Å². The second kappa shape index (κ2) is 15.7. The third kappa shape index (κ3) is 9.15. The van der Waals surface area contributed by atoms with E-state index in [1.165, 1.54) is 0 Å². The van der Waals surface area contributed by atoms with E-state index in [0.717, 1.165) is 42.1 Å². The van der Waals surface area contributed by atoms with Gasteiger partial charge in [-0.25, -0.2) is 22.9 Å². The van der Waals surface area contributed by atoms with Crippen LogP contribution >= 0.6 is 12.6 Å². The van der Waals surface area contributed by atoms with E-state index in [1.807, 2.05) is 26.8 Å². The Kier molecular flexibility index (Phi) is 12.0. The molecule has 0 unspecified atom stereocenters. The number of nitrogens with zero attached hydrogens (tertiary/aromatic N) is 5. The Morgan fingerprint density at radius 3 is 2.28 bits per heavy atom. The highest BCUT2D eigenvalue weighted by Crippen LogP contribution is 2.24. The van der Waals surface area contributed by atoms with Gasteiger partial charge in [0.1, 0.15) is 11.4 Å². The molecule has 1 aromatic heterocycles. The number of halogens is 3. The van der Waals surface area contributed by atoms with Crippen LogP contribution in [-0.4, -0.2) is 96.4 Å². The molecule has 10 nitrogen and oxygen atoms in total. The van der Waals surface area contributed by atoms with Crippen molar-refractivity contribution in [3.05, 3.63) is 59.0 Å². The van der Waals surface area contributed by atoms with E-state index < -0.39 is 23.1 Å². The maximum Gasteiger partial charge on any atom is 0.410 e. The van der Waals surface area contributed by atoms with Crippen LogP contribution in [-0.2, 0) is 15.2 Å². The highest BCUT2D eigenvalue weighted by Gasteiger charge is 2.27. The van der Waals surface area contributed by atoms with Crippen LogP contribution in [0.4, 0.5) is 29.5 Å². The number of amides is 2. The molecular weight excluding hydrogens is 621 g/mol. The molecule has 2 fully saturated rings. The molecule has 5 rings (SSSR count). The summed E-state index contributed by atoms with van der Waals surface area (Å²) in [5.41, 5.74) is 2.58. The molecule has 2 saturated heterocycles. The Hall–Kier alpha value is -3.78. The van der Waals surface area contributed by atoms with Crippen molar-refractivity contribution < 1.29 is 33.7 Å². The molecule has 0 spiro atoms. The second-order valence-corrected chi connectivity index (χ2v) is 12.2. The van der Waals surface area contributed by atoms with Gasteiger partial charge < -0.3 is 29.5 Å². The van der Waals surface area contributed by atoms with Gasteiger partial charge in [0, 0.05) is 76.4 Å². The van der Waals surface area contributed by atoms with Crippen LogP contribution in [0.25, 0.3) is 11.0 Å². The predicted octanol–water partition coefficient (Wildman–Crippen LogP) is 5.76. The Bertz CT molecular complexity index is 1520. The molecule has 0 atom stereocenters. The molecule has 0 radical (unpaired) electrons. The number of hydrogen-bond donors (Lipinski definition) is 2. The zero-order valence-electron chi connectivity index (χ0n) is 26.6. The fourth-order valence-electron chi connectivity index (χ4n) is 5.04. The minimum Gasteiger partial charge on any atom is -0.444 e. The summed E-state index contributed by atoms with van der Waals surface area (Å²) < 4.78 is 48.3. The largest absolute Gasteiger partial charge is 0.444 e. The second-order valence-electron chi connectivity index (χ2n) is 11.9. The highest BCUT2D eigenvalue weighted by atomic mass is 32.1. The summed E-state index contributed by atoms with van der Waals surface area (Å²) in [6.45, 7) is 12.8. The molecule has 0 aliphatic carbocycles. The van der Waals surface area contributed by atoms with Crippen LogP contribution < -0.4 is 10.2 Å². The molecule has 1 N–H and O–H groups in total. The predicted molar refractivity (Wildman–Crippen MR) is 176 cm³/mol. The Morgan fingerprint density at radius 1 is 1.00 bits per heavy atom. The molecule has 2 aromatic carbocycles. The fourth-order valence-corrected chi connectivity index (χ4v) is 5.28. The van der Waals surface area contributed by atoms with Gasteiger partial charge in [0.15, 0.2) is 17.5 Å². The van der Waals surface area contributed by atoms with Gasteiger partial charge in [-0.15, -0.1) is 0 Å². The van der Waals surface area contributed by atoms with Crippen molar-refractivity contribution in [1.82, 2.24) is 19.8 Å². The molecule has 252 valence electrons. The number of rotatable bonds is 5. The molecule has 3 heterocycles. The first-order valence-electron chi connectivity index (χ1n) is 15.3. The zero-order chi connectivity index (χ0) is 33.4. The van der Waals surface area contributed by atoms with Crippen molar-refractivity contribution in [2.45, 2.75) is 45.5 Å². The summed E-state index contributed by atoms with van der Waals surface area (Å²) in [6.07, 6.45) is 2.12. The lowest BCUT2D eigenvalue weighted by Gasteiger charge is -2.27. The van der Waals surface area contributed by atoms with E-state index in [2.05, 4.69) is 27.8 Å². The first-order valence-corrected chi connectivity index (χ1v) is 15.9. The zero-order valence-corrected chi connectivity index (χ0v) is 27.5. The first-order chi connectivity index (χ1) is 21.9. The van der Waals surface area contributed by atoms with Gasteiger partial charge in [-0.1, -0.05) is 0 Å². The standard InChI is InChI=1S/C24H33N5O4S.C8H8F3N.H2/c1-24(2,3)33-23(31)29-6-4-5-28(7-8-29)22(30)17-13-18(16-34)21-19(14-17)25-15-20(26-21)27-9-11-32-12-10-27;1-2-12-5-3-6(9)8(11)7(10)4-5;/h13-15,34H,4-12,16H2,1-3H3;3-4,12H,2H2,1H3;1H. The molecule has 2 amide bonds. The summed E-state index contributed by atoms with van der Waals surface area (Å²) >= 11 is 4.49. The summed E-state index contributed by atoms with van der Waals surface area (Å²) in [5.74, 6) is -2.60. The van der Waals surface area contributed by atoms with Crippen LogP contribution in [0.1, 0.15) is 51.5 Å². The molecule has 2 aliphatic heterocycles. The quantitative estimate of drug-likeness (QED) is 0.263. The molecule has 0 saturated carbocycles. The molecule has 2 aliphatic rings. The van der Waals surface area contributed by atoms with Crippen molar-refractivity contribution in [3.8, 4) is 0 Å². The van der Waals surface area contributed by atoms with E-state index in [-0.39, 0.29) is 19.1 Å². The minimum atomic E-state index is -1.43. The number of thiol groups is 1. The topological polar surface area (TPSA) is 100 Å². The van der Waals surface area contributed by atoms with Crippen molar-refractivity contribution in [1.29, 1.82) is 0 Å². The number of aromatic nitrogens is 2. The summed E-state index contributed by atoms with van der Waals surface area (Å²) in [6, 6.07) is 5.51.